The quantitative estimate of drug-likeness (QED) is 0.844. The molecule has 1 heterocycles. The molecular weight excluding hydrogens is 258 g/mol. The lowest BCUT2D eigenvalue weighted by Gasteiger charge is -2.59. The average Bonchev–Trinajstić information content (AvgIpc) is 2.54. The zero-order valence-corrected chi connectivity index (χ0v) is 13.2. The van der Waals surface area contributed by atoms with Gasteiger partial charge in [0.05, 0.1) is 6.61 Å². The fourth-order valence-corrected chi connectivity index (χ4v) is 5.54. The number of piperidine rings is 1. The Kier molecular flexibility index (Phi) is 3.55. The van der Waals surface area contributed by atoms with Crippen molar-refractivity contribution in [3.8, 4) is 0 Å². The topological polar surface area (TPSA) is 12.5 Å². The second kappa shape index (κ2) is 5.40. The Hall–Kier alpha value is -0.860. The summed E-state index contributed by atoms with van der Waals surface area (Å²) in [5.41, 5.74) is 3.83. The molecular formula is C19H27NO. The number of hydrogen-bond acceptors (Lipinski definition) is 2. The highest BCUT2D eigenvalue weighted by atomic mass is 16.5. The molecule has 2 fully saturated rings. The van der Waals surface area contributed by atoms with Gasteiger partial charge in [-0.3, -0.25) is 4.90 Å². The fourth-order valence-electron chi connectivity index (χ4n) is 5.54. The molecule has 1 aromatic rings. The number of methoxy groups -OCH3 is 1. The molecule has 0 unspecified atom stereocenters. The Labute approximate surface area is 128 Å². The van der Waals surface area contributed by atoms with Crippen LogP contribution in [0.3, 0.4) is 0 Å². The van der Waals surface area contributed by atoms with Crippen molar-refractivity contribution in [1.82, 2.24) is 4.90 Å². The van der Waals surface area contributed by atoms with Gasteiger partial charge >= 0.3 is 0 Å². The van der Waals surface area contributed by atoms with Gasteiger partial charge in [-0.25, -0.2) is 0 Å². The van der Waals surface area contributed by atoms with Crippen LogP contribution >= 0.6 is 0 Å². The molecule has 0 N–H and O–H groups in total. The first-order valence-corrected chi connectivity index (χ1v) is 8.66. The summed E-state index contributed by atoms with van der Waals surface area (Å²) < 4.78 is 5.34. The second-order valence-electron chi connectivity index (χ2n) is 7.22. The third-order valence-electron chi connectivity index (χ3n) is 6.44. The molecule has 0 spiro atoms. The zero-order chi connectivity index (χ0) is 14.3. The first-order chi connectivity index (χ1) is 10.3. The molecule has 3 atom stereocenters. The maximum atomic E-state index is 5.34. The van der Waals surface area contributed by atoms with Gasteiger partial charge in [0.15, 0.2) is 0 Å². The lowest BCUT2D eigenvalue weighted by Crippen LogP contribution is -2.61. The lowest BCUT2D eigenvalue weighted by atomic mass is 9.52. The minimum absolute atomic E-state index is 0.501. The van der Waals surface area contributed by atoms with E-state index in [9.17, 15) is 0 Å². The maximum absolute atomic E-state index is 5.34. The molecule has 2 bridgehead atoms. The standard InChI is InChI=1S/C19H27NO/c1-21-13-12-20-11-10-19-9-5-4-8-17(19)18(20)14-15-6-2-3-7-16(15)19/h2-3,6-7,17-18H,4-5,8-14H2,1H3/t17-,18+,19-/m0/s1. The second-order valence-corrected chi connectivity index (χ2v) is 7.22. The highest BCUT2D eigenvalue weighted by Crippen LogP contribution is 2.55. The Balaban J connectivity index is 1.73. The van der Waals surface area contributed by atoms with Gasteiger partial charge in [-0.15, -0.1) is 0 Å². The fraction of sp³-hybridized carbons (Fsp3) is 0.684. The minimum Gasteiger partial charge on any atom is -0.383 e. The summed E-state index contributed by atoms with van der Waals surface area (Å²) in [6.07, 6.45) is 8.33. The predicted molar refractivity (Wildman–Crippen MR) is 85.6 cm³/mol. The Bertz CT molecular complexity index is 514. The molecule has 1 aromatic carbocycles. The summed E-state index contributed by atoms with van der Waals surface area (Å²) in [6.45, 7) is 3.24. The van der Waals surface area contributed by atoms with E-state index in [2.05, 4.69) is 29.2 Å². The summed E-state index contributed by atoms with van der Waals surface area (Å²) in [5, 5.41) is 0. The van der Waals surface area contributed by atoms with Gasteiger partial charge < -0.3 is 4.74 Å². The predicted octanol–water partition coefficient (Wildman–Crippen LogP) is 3.39. The van der Waals surface area contributed by atoms with E-state index in [0.29, 0.717) is 5.41 Å². The number of rotatable bonds is 3. The van der Waals surface area contributed by atoms with E-state index in [1.54, 1.807) is 11.1 Å². The summed E-state index contributed by atoms with van der Waals surface area (Å²) >= 11 is 0. The van der Waals surface area contributed by atoms with Gasteiger partial charge in [0.25, 0.3) is 0 Å². The van der Waals surface area contributed by atoms with E-state index < -0.39 is 0 Å². The van der Waals surface area contributed by atoms with Crippen LogP contribution in [0.2, 0.25) is 0 Å². The van der Waals surface area contributed by atoms with Crippen molar-refractivity contribution in [3.05, 3.63) is 35.4 Å². The van der Waals surface area contributed by atoms with Crippen molar-refractivity contribution < 1.29 is 4.74 Å². The molecule has 3 aliphatic rings. The van der Waals surface area contributed by atoms with Crippen LogP contribution in [0.15, 0.2) is 24.3 Å². The maximum Gasteiger partial charge on any atom is 0.0589 e. The Morgan fingerprint density at radius 2 is 2.14 bits per heavy atom. The van der Waals surface area contributed by atoms with Crippen LogP contribution in [-0.2, 0) is 16.6 Å². The molecule has 1 saturated heterocycles. The molecule has 21 heavy (non-hydrogen) atoms. The van der Waals surface area contributed by atoms with E-state index in [1.165, 1.54) is 45.1 Å². The summed E-state index contributed by atoms with van der Waals surface area (Å²) in [5.74, 6) is 0.881. The summed E-state index contributed by atoms with van der Waals surface area (Å²) in [7, 11) is 1.82. The molecule has 1 aliphatic heterocycles. The lowest BCUT2D eigenvalue weighted by molar-refractivity contribution is -0.0206. The van der Waals surface area contributed by atoms with Crippen LogP contribution in [0, 0.1) is 5.92 Å². The van der Waals surface area contributed by atoms with E-state index in [0.717, 1.165) is 25.1 Å². The van der Waals surface area contributed by atoms with Crippen LogP contribution in [0.25, 0.3) is 0 Å². The molecule has 0 amide bonds. The Morgan fingerprint density at radius 1 is 1.24 bits per heavy atom. The third kappa shape index (κ3) is 2.07. The monoisotopic (exact) mass is 285 g/mol. The SMILES string of the molecule is COCCN1CC[C@]23CCCC[C@H]2[C@H]1Cc1ccccc13. The van der Waals surface area contributed by atoms with Crippen molar-refractivity contribution >= 4 is 0 Å². The van der Waals surface area contributed by atoms with Gasteiger partial charge in [-0.1, -0.05) is 37.1 Å². The number of benzene rings is 1. The highest BCUT2D eigenvalue weighted by Gasteiger charge is 2.53. The molecule has 2 nitrogen and oxygen atoms in total. The summed E-state index contributed by atoms with van der Waals surface area (Å²) in [4.78, 5) is 2.73. The molecule has 114 valence electrons. The van der Waals surface area contributed by atoms with E-state index in [1.807, 2.05) is 7.11 Å². The van der Waals surface area contributed by atoms with Crippen molar-refractivity contribution in [2.45, 2.75) is 50.0 Å². The van der Waals surface area contributed by atoms with Crippen molar-refractivity contribution in [3.63, 3.8) is 0 Å². The molecule has 0 radical (unpaired) electrons. The van der Waals surface area contributed by atoms with Crippen molar-refractivity contribution in [2.75, 3.05) is 26.8 Å². The van der Waals surface area contributed by atoms with Crippen molar-refractivity contribution in [1.29, 1.82) is 0 Å². The van der Waals surface area contributed by atoms with Gasteiger partial charge in [0, 0.05) is 25.1 Å². The molecule has 2 aliphatic carbocycles. The van der Waals surface area contributed by atoms with E-state index in [4.69, 9.17) is 4.74 Å². The number of likely N-dealkylation sites (tertiary alicyclic amines) is 1. The first-order valence-electron chi connectivity index (χ1n) is 8.66. The average molecular weight is 285 g/mol. The van der Waals surface area contributed by atoms with Crippen LogP contribution in [0.5, 0.6) is 0 Å². The number of fused-ring (bicyclic) bond motifs is 1. The third-order valence-corrected chi connectivity index (χ3v) is 6.44. The van der Waals surface area contributed by atoms with Crippen LogP contribution in [-0.4, -0.2) is 37.7 Å². The number of ether oxygens (including phenoxy) is 1. The zero-order valence-electron chi connectivity index (χ0n) is 13.2. The largest absolute Gasteiger partial charge is 0.383 e. The number of hydrogen-bond donors (Lipinski definition) is 0. The molecule has 4 rings (SSSR count). The summed E-state index contributed by atoms with van der Waals surface area (Å²) in [6, 6.07) is 10.1. The molecule has 1 saturated carbocycles. The van der Waals surface area contributed by atoms with E-state index in [-0.39, 0.29) is 0 Å². The molecule has 0 aromatic heterocycles. The van der Waals surface area contributed by atoms with Crippen LogP contribution in [0.4, 0.5) is 0 Å². The highest BCUT2D eigenvalue weighted by molar-refractivity contribution is 5.41. The van der Waals surface area contributed by atoms with Gasteiger partial charge in [0.2, 0.25) is 0 Å². The van der Waals surface area contributed by atoms with Crippen molar-refractivity contribution in [2.24, 2.45) is 5.92 Å². The number of nitrogens with zero attached hydrogens (tertiary/aromatic N) is 1. The minimum atomic E-state index is 0.501. The van der Waals surface area contributed by atoms with Gasteiger partial charge in [-0.05, 0) is 49.3 Å². The van der Waals surface area contributed by atoms with Gasteiger partial charge in [0.1, 0.15) is 0 Å². The normalized spacial score (nSPS) is 35.1. The molecule has 2 heteroatoms. The van der Waals surface area contributed by atoms with E-state index >= 15 is 0 Å². The van der Waals surface area contributed by atoms with Crippen LogP contribution in [0.1, 0.15) is 43.2 Å². The smallest absolute Gasteiger partial charge is 0.0589 e. The van der Waals surface area contributed by atoms with Gasteiger partial charge in [-0.2, -0.15) is 0 Å². The Morgan fingerprint density at radius 3 is 3.05 bits per heavy atom. The first kappa shape index (κ1) is 13.8. The van der Waals surface area contributed by atoms with Crippen LogP contribution < -0.4 is 0 Å².